The van der Waals surface area contributed by atoms with E-state index in [2.05, 4.69) is 15.0 Å². The molecule has 3 heterocycles. The Morgan fingerprint density at radius 3 is 2.73 bits per heavy atom. The Kier molecular flexibility index (Phi) is 5.43. The van der Waals surface area contributed by atoms with Crippen LogP contribution in [0.1, 0.15) is 19.8 Å². The van der Waals surface area contributed by atoms with Gasteiger partial charge in [0.25, 0.3) is 0 Å². The van der Waals surface area contributed by atoms with E-state index in [0.717, 1.165) is 16.7 Å². The monoisotopic (exact) mass is 410 g/mol. The van der Waals surface area contributed by atoms with E-state index in [0.29, 0.717) is 55.6 Å². The molecular weight excluding hydrogens is 384 g/mol. The highest BCUT2D eigenvalue weighted by Gasteiger charge is 2.28. The summed E-state index contributed by atoms with van der Waals surface area (Å²) >= 11 is 0. The molecule has 0 bridgehead atoms. The number of carbonyl (C=O) groups is 1. The van der Waals surface area contributed by atoms with Gasteiger partial charge in [-0.3, -0.25) is 9.48 Å². The summed E-state index contributed by atoms with van der Waals surface area (Å²) in [6.45, 7) is 3.59. The van der Waals surface area contributed by atoms with Crippen LogP contribution in [0.2, 0.25) is 0 Å². The lowest BCUT2D eigenvalue weighted by molar-refractivity contribution is -0.148. The summed E-state index contributed by atoms with van der Waals surface area (Å²) < 4.78 is 12.2. The second kappa shape index (κ2) is 8.17. The molecule has 9 nitrogen and oxygen atoms in total. The highest BCUT2D eigenvalue weighted by atomic mass is 16.5. The Morgan fingerprint density at radius 1 is 1.27 bits per heavy atom. The first-order valence-corrected chi connectivity index (χ1v) is 10.1. The molecule has 1 fully saturated rings. The zero-order chi connectivity index (χ0) is 21.3. The van der Waals surface area contributed by atoms with Crippen LogP contribution in [-0.4, -0.2) is 52.5 Å². The number of piperidine rings is 1. The number of nitrogens with two attached hydrogens (primary N) is 1. The maximum atomic E-state index is 12.0. The average molecular weight is 410 g/mol. The predicted octanol–water partition coefficient (Wildman–Crippen LogP) is 2.40. The van der Waals surface area contributed by atoms with Crippen molar-refractivity contribution in [2.24, 2.45) is 13.0 Å². The van der Waals surface area contributed by atoms with E-state index in [1.807, 2.05) is 31.2 Å². The molecule has 2 aromatic heterocycles. The van der Waals surface area contributed by atoms with Gasteiger partial charge >= 0.3 is 5.97 Å². The van der Waals surface area contributed by atoms with Crippen LogP contribution in [-0.2, 0) is 16.6 Å². The number of benzene rings is 1. The van der Waals surface area contributed by atoms with Crippen molar-refractivity contribution in [3.63, 3.8) is 0 Å². The van der Waals surface area contributed by atoms with E-state index in [1.165, 1.54) is 0 Å². The molecule has 1 saturated heterocycles. The maximum absolute atomic E-state index is 12.0. The van der Waals surface area contributed by atoms with Gasteiger partial charge in [-0.15, -0.1) is 0 Å². The minimum atomic E-state index is -0.122. The minimum absolute atomic E-state index is 0.0757. The summed E-state index contributed by atoms with van der Waals surface area (Å²) in [6, 6.07) is 7.69. The van der Waals surface area contributed by atoms with Crippen LogP contribution >= 0.6 is 0 Å². The van der Waals surface area contributed by atoms with Crippen molar-refractivity contribution in [2.75, 3.05) is 37.4 Å². The quantitative estimate of drug-likeness (QED) is 0.639. The summed E-state index contributed by atoms with van der Waals surface area (Å²) in [5.74, 6) is 1.63. The zero-order valence-electron chi connectivity index (χ0n) is 17.5. The summed E-state index contributed by atoms with van der Waals surface area (Å²) in [5, 5.41) is 5.19. The largest absolute Gasteiger partial charge is 0.497 e. The molecule has 3 aromatic rings. The number of fused-ring (bicyclic) bond motifs is 1. The number of ether oxygens (including phenoxy) is 2. The second-order valence-corrected chi connectivity index (χ2v) is 7.32. The molecule has 9 heteroatoms. The first kappa shape index (κ1) is 19.9. The number of nitrogen functional groups attached to an aromatic ring is 1. The highest BCUT2D eigenvalue weighted by molar-refractivity contribution is 5.99. The number of nitrogens with zero attached hydrogens (tertiary/aromatic N) is 5. The van der Waals surface area contributed by atoms with E-state index in [9.17, 15) is 4.79 Å². The van der Waals surface area contributed by atoms with Gasteiger partial charge in [-0.25, -0.2) is 4.98 Å². The molecule has 0 radical (unpaired) electrons. The van der Waals surface area contributed by atoms with Crippen LogP contribution in [0.5, 0.6) is 5.75 Å². The van der Waals surface area contributed by atoms with Crippen LogP contribution < -0.4 is 15.4 Å². The van der Waals surface area contributed by atoms with E-state index >= 15 is 0 Å². The van der Waals surface area contributed by atoms with E-state index in [4.69, 9.17) is 20.2 Å². The smallest absolute Gasteiger partial charge is 0.309 e. The fraction of sp³-hybridized carbons (Fsp3) is 0.429. The van der Waals surface area contributed by atoms with Gasteiger partial charge in [0.1, 0.15) is 11.6 Å². The minimum Gasteiger partial charge on any atom is -0.497 e. The van der Waals surface area contributed by atoms with Crippen molar-refractivity contribution < 1.29 is 14.3 Å². The molecule has 158 valence electrons. The molecule has 0 unspecified atom stereocenters. The molecule has 0 aliphatic carbocycles. The van der Waals surface area contributed by atoms with Crippen LogP contribution in [0.4, 0.5) is 11.8 Å². The third-order valence-corrected chi connectivity index (χ3v) is 5.47. The predicted molar refractivity (Wildman–Crippen MR) is 114 cm³/mol. The summed E-state index contributed by atoms with van der Waals surface area (Å²) in [4.78, 5) is 23.7. The van der Waals surface area contributed by atoms with Gasteiger partial charge in [-0.1, -0.05) is 12.1 Å². The Morgan fingerprint density at radius 2 is 2.03 bits per heavy atom. The van der Waals surface area contributed by atoms with Crippen molar-refractivity contribution in [1.82, 2.24) is 19.7 Å². The lowest BCUT2D eigenvalue weighted by Crippen LogP contribution is -2.38. The van der Waals surface area contributed by atoms with Crippen LogP contribution in [0.15, 0.2) is 24.3 Å². The van der Waals surface area contributed by atoms with Crippen LogP contribution in [0.25, 0.3) is 22.3 Å². The van der Waals surface area contributed by atoms with Crippen LogP contribution in [0.3, 0.4) is 0 Å². The molecule has 0 atom stereocenters. The van der Waals surface area contributed by atoms with Gasteiger partial charge in [0, 0.05) is 25.7 Å². The van der Waals surface area contributed by atoms with Crippen molar-refractivity contribution in [3.05, 3.63) is 24.3 Å². The average Bonchev–Trinajstić information content (AvgIpc) is 3.07. The summed E-state index contributed by atoms with van der Waals surface area (Å²) in [7, 11) is 3.42. The Hall–Kier alpha value is -3.36. The van der Waals surface area contributed by atoms with Gasteiger partial charge in [0.2, 0.25) is 5.95 Å². The number of aryl methyl sites for hydroxylation is 1. The number of hydrogen-bond donors (Lipinski definition) is 1. The maximum Gasteiger partial charge on any atom is 0.309 e. The van der Waals surface area contributed by atoms with Gasteiger partial charge < -0.3 is 20.1 Å². The van der Waals surface area contributed by atoms with E-state index < -0.39 is 0 Å². The Bertz CT molecular complexity index is 1070. The highest BCUT2D eigenvalue weighted by Crippen LogP contribution is 2.34. The second-order valence-electron chi connectivity index (χ2n) is 7.32. The fourth-order valence-electron chi connectivity index (χ4n) is 3.80. The van der Waals surface area contributed by atoms with Gasteiger partial charge in [0.15, 0.2) is 5.65 Å². The normalized spacial score (nSPS) is 14.8. The SMILES string of the molecule is CCOC(=O)C1CCN(c2nc(-c3cccc(OC)c3)c3c(N)n(C)nc3n2)CC1. The summed E-state index contributed by atoms with van der Waals surface area (Å²) in [6.07, 6.45) is 1.41. The first-order valence-electron chi connectivity index (χ1n) is 10.1. The molecule has 1 aliphatic heterocycles. The van der Waals surface area contributed by atoms with Crippen LogP contribution in [0, 0.1) is 5.92 Å². The number of rotatable bonds is 5. The number of aromatic nitrogens is 4. The van der Waals surface area contributed by atoms with Crippen molar-refractivity contribution >= 4 is 28.8 Å². The lowest BCUT2D eigenvalue weighted by atomic mass is 9.97. The number of anilines is 2. The molecule has 1 aliphatic rings. The number of hydrogen-bond acceptors (Lipinski definition) is 8. The van der Waals surface area contributed by atoms with Gasteiger partial charge in [-0.05, 0) is 31.9 Å². The standard InChI is InChI=1S/C21H26N6O3/c1-4-30-20(28)13-8-10-27(11-9-13)21-23-17(14-6-5-7-15(12-14)29-3)16-18(22)26(2)25-19(16)24-21/h5-7,12-13H,4,8-11,22H2,1-3H3. The lowest BCUT2D eigenvalue weighted by Gasteiger charge is -2.31. The molecule has 1 aromatic carbocycles. The van der Waals surface area contributed by atoms with Crippen molar-refractivity contribution in [1.29, 1.82) is 0 Å². The van der Waals surface area contributed by atoms with Gasteiger partial charge in [0.05, 0.1) is 30.7 Å². The molecular formula is C21H26N6O3. The molecule has 2 N–H and O–H groups in total. The van der Waals surface area contributed by atoms with E-state index in [-0.39, 0.29) is 11.9 Å². The summed E-state index contributed by atoms with van der Waals surface area (Å²) in [5.41, 5.74) is 8.42. The third-order valence-electron chi connectivity index (χ3n) is 5.47. The Balaban J connectivity index is 1.71. The molecule has 30 heavy (non-hydrogen) atoms. The van der Waals surface area contributed by atoms with Gasteiger partial charge in [-0.2, -0.15) is 10.1 Å². The Labute approximate surface area is 174 Å². The van der Waals surface area contributed by atoms with Crippen molar-refractivity contribution in [2.45, 2.75) is 19.8 Å². The molecule has 4 rings (SSSR count). The molecule has 0 spiro atoms. The number of carbonyl (C=O) groups excluding carboxylic acids is 1. The molecule has 0 saturated carbocycles. The molecule has 0 amide bonds. The first-order chi connectivity index (χ1) is 14.5. The topological polar surface area (TPSA) is 108 Å². The van der Waals surface area contributed by atoms with Crippen molar-refractivity contribution in [3.8, 4) is 17.0 Å². The number of methoxy groups -OCH3 is 1. The third kappa shape index (κ3) is 3.62. The fourth-order valence-corrected chi connectivity index (χ4v) is 3.80. The van der Waals surface area contributed by atoms with E-state index in [1.54, 1.807) is 18.8 Å². The zero-order valence-corrected chi connectivity index (χ0v) is 17.5. The number of esters is 1.